The van der Waals surface area contributed by atoms with Crippen LogP contribution in [0.5, 0.6) is 0 Å². The topological polar surface area (TPSA) is 85.2 Å². The number of ether oxygens (including phenoxy) is 1. The summed E-state index contributed by atoms with van der Waals surface area (Å²) in [5, 5.41) is 15.8. The molecule has 2 heterocycles. The van der Waals surface area contributed by atoms with Crippen molar-refractivity contribution in [3.8, 4) is 11.4 Å². The van der Waals surface area contributed by atoms with E-state index in [4.69, 9.17) is 16.3 Å². The molecule has 1 aliphatic rings. The number of halogens is 2. The molecule has 0 radical (unpaired) electrons. The number of nitrogens with one attached hydrogen (secondary N) is 1. The first-order valence-electron chi connectivity index (χ1n) is 10.0. The van der Waals surface area contributed by atoms with E-state index >= 15 is 0 Å². The van der Waals surface area contributed by atoms with Gasteiger partial charge in [-0.2, -0.15) is 4.80 Å². The molecule has 1 saturated heterocycles. The first kappa shape index (κ1) is 21.2. The summed E-state index contributed by atoms with van der Waals surface area (Å²) in [7, 11) is 0. The lowest BCUT2D eigenvalue weighted by atomic mass is 10.2. The molecule has 1 atom stereocenters. The minimum Gasteiger partial charge on any atom is -0.378 e. The molecule has 162 valence electrons. The number of rotatable bonds is 6. The van der Waals surface area contributed by atoms with Crippen LogP contribution in [0.3, 0.4) is 0 Å². The molecule has 1 fully saturated rings. The summed E-state index contributed by atoms with van der Waals surface area (Å²) in [4.78, 5) is 16.0. The Bertz CT molecular complexity index is 1050. The Kier molecular flexibility index (Phi) is 6.43. The van der Waals surface area contributed by atoms with Crippen molar-refractivity contribution in [2.24, 2.45) is 0 Å². The molecule has 10 heteroatoms. The normalized spacial score (nSPS) is 15.0. The Balaban J connectivity index is 1.47. The summed E-state index contributed by atoms with van der Waals surface area (Å²) in [6.45, 7) is 4.25. The Hall–Kier alpha value is -3.04. The fourth-order valence-electron chi connectivity index (χ4n) is 3.40. The summed E-state index contributed by atoms with van der Waals surface area (Å²) in [6.07, 6.45) is 0.441. The number of anilines is 2. The smallest absolute Gasteiger partial charge is 0.251 e. The van der Waals surface area contributed by atoms with Crippen LogP contribution in [0.4, 0.5) is 15.8 Å². The van der Waals surface area contributed by atoms with Gasteiger partial charge in [0.2, 0.25) is 5.82 Å². The predicted octanol–water partition coefficient (Wildman–Crippen LogP) is 3.56. The summed E-state index contributed by atoms with van der Waals surface area (Å²) in [6, 6.07) is 11.0. The van der Waals surface area contributed by atoms with Gasteiger partial charge in [0.1, 0.15) is 5.82 Å². The number of nitrogens with zero attached hydrogens (tertiary/aromatic N) is 5. The van der Waals surface area contributed by atoms with Crippen molar-refractivity contribution in [2.75, 3.05) is 36.5 Å². The van der Waals surface area contributed by atoms with Crippen LogP contribution in [0, 0.1) is 5.82 Å². The molecule has 0 spiro atoms. The van der Waals surface area contributed by atoms with Crippen LogP contribution in [0.15, 0.2) is 42.5 Å². The number of benzene rings is 2. The van der Waals surface area contributed by atoms with Gasteiger partial charge >= 0.3 is 0 Å². The molecule has 31 heavy (non-hydrogen) atoms. The van der Waals surface area contributed by atoms with Gasteiger partial charge < -0.3 is 15.0 Å². The molecule has 1 N–H and O–H groups in total. The largest absolute Gasteiger partial charge is 0.378 e. The molecule has 2 aromatic carbocycles. The third-order valence-corrected chi connectivity index (χ3v) is 5.32. The highest BCUT2D eigenvalue weighted by atomic mass is 35.5. The number of amides is 1. The number of morpholine rings is 1. The van der Waals surface area contributed by atoms with Crippen molar-refractivity contribution < 1.29 is 13.9 Å². The van der Waals surface area contributed by atoms with E-state index in [0.717, 1.165) is 5.56 Å². The zero-order valence-corrected chi connectivity index (χ0v) is 17.7. The Morgan fingerprint density at radius 2 is 1.97 bits per heavy atom. The minimum atomic E-state index is -0.685. The van der Waals surface area contributed by atoms with E-state index in [9.17, 15) is 9.18 Å². The van der Waals surface area contributed by atoms with E-state index in [2.05, 4.69) is 20.7 Å². The Morgan fingerprint density at radius 3 is 2.65 bits per heavy atom. The van der Waals surface area contributed by atoms with Gasteiger partial charge in [-0.05, 0) is 54.1 Å². The SMILES string of the molecule is CCC(C(=O)Nc1ccc(N2CCOCC2)c(F)c1)n1nnc(-c2ccc(Cl)cc2)n1. The zero-order chi connectivity index (χ0) is 21.8. The quantitative estimate of drug-likeness (QED) is 0.625. The number of hydrogen-bond acceptors (Lipinski definition) is 6. The average molecular weight is 445 g/mol. The zero-order valence-electron chi connectivity index (χ0n) is 17.0. The second-order valence-corrected chi connectivity index (χ2v) is 7.56. The van der Waals surface area contributed by atoms with Crippen LogP contribution in [0.2, 0.25) is 5.02 Å². The highest BCUT2D eigenvalue weighted by Gasteiger charge is 2.23. The third-order valence-electron chi connectivity index (χ3n) is 5.07. The average Bonchev–Trinajstić information content (AvgIpc) is 3.25. The maximum atomic E-state index is 14.6. The van der Waals surface area contributed by atoms with Crippen LogP contribution >= 0.6 is 11.6 Å². The van der Waals surface area contributed by atoms with Crippen LogP contribution in [-0.2, 0) is 9.53 Å². The monoisotopic (exact) mass is 444 g/mol. The van der Waals surface area contributed by atoms with Gasteiger partial charge in [-0.3, -0.25) is 4.79 Å². The number of carbonyl (C=O) groups excluding carboxylic acids is 1. The summed E-state index contributed by atoms with van der Waals surface area (Å²) < 4.78 is 19.9. The van der Waals surface area contributed by atoms with E-state index in [-0.39, 0.29) is 5.91 Å². The summed E-state index contributed by atoms with van der Waals surface area (Å²) in [5.41, 5.74) is 1.61. The van der Waals surface area contributed by atoms with Crippen molar-refractivity contribution >= 4 is 28.9 Å². The molecule has 1 unspecified atom stereocenters. The van der Waals surface area contributed by atoms with Gasteiger partial charge in [0.25, 0.3) is 5.91 Å². The van der Waals surface area contributed by atoms with E-state index in [0.29, 0.717) is 54.9 Å². The van der Waals surface area contributed by atoms with E-state index in [1.807, 2.05) is 11.8 Å². The fraction of sp³-hybridized carbons (Fsp3) is 0.333. The lowest BCUT2D eigenvalue weighted by molar-refractivity contribution is -0.119. The van der Waals surface area contributed by atoms with Gasteiger partial charge in [0.05, 0.1) is 18.9 Å². The van der Waals surface area contributed by atoms with Gasteiger partial charge in [0.15, 0.2) is 6.04 Å². The second-order valence-electron chi connectivity index (χ2n) is 7.12. The fourth-order valence-corrected chi connectivity index (χ4v) is 3.52. The molecule has 4 rings (SSSR count). The highest BCUT2D eigenvalue weighted by Crippen LogP contribution is 2.25. The first-order chi connectivity index (χ1) is 15.0. The van der Waals surface area contributed by atoms with Crippen molar-refractivity contribution in [3.63, 3.8) is 0 Å². The predicted molar refractivity (Wildman–Crippen MR) is 116 cm³/mol. The maximum absolute atomic E-state index is 14.6. The van der Waals surface area contributed by atoms with E-state index in [1.54, 1.807) is 36.4 Å². The van der Waals surface area contributed by atoms with Crippen LogP contribution in [0.25, 0.3) is 11.4 Å². The Morgan fingerprint density at radius 1 is 1.23 bits per heavy atom. The van der Waals surface area contributed by atoms with E-state index in [1.165, 1.54) is 10.9 Å². The third kappa shape index (κ3) is 4.83. The second kappa shape index (κ2) is 9.40. The molecule has 1 amide bonds. The first-order valence-corrected chi connectivity index (χ1v) is 10.4. The molecule has 1 aromatic heterocycles. The lowest BCUT2D eigenvalue weighted by Crippen LogP contribution is -2.36. The van der Waals surface area contributed by atoms with Gasteiger partial charge in [-0.15, -0.1) is 10.2 Å². The summed E-state index contributed by atoms with van der Waals surface area (Å²) >= 11 is 5.91. The number of hydrogen-bond donors (Lipinski definition) is 1. The number of tetrazole rings is 1. The highest BCUT2D eigenvalue weighted by molar-refractivity contribution is 6.30. The number of aromatic nitrogens is 4. The molecule has 8 nitrogen and oxygen atoms in total. The molecule has 3 aromatic rings. The minimum absolute atomic E-state index is 0.346. The van der Waals surface area contributed by atoms with Crippen LogP contribution in [0.1, 0.15) is 19.4 Å². The molecule has 0 saturated carbocycles. The van der Waals surface area contributed by atoms with Gasteiger partial charge in [-0.25, -0.2) is 4.39 Å². The number of carbonyl (C=O) groups is 1. The molecule has 1 aliphatic heterocycles. The maximum Gasteiger partial charge on any atom is 0.251 e. The standard InChI is InChI=1S/C21H22ClFN6O2/c1-2-18(29-26-20(25-27-29)14-3-5-15(22)6-4-14)21(30)24-16-7-8-19(17(23)13-16)28-9-11-31-12-10-28/h3-8,13,18H,2,9-12H2,1H3,(H,24,30). The van der Waals surface area contributed by atoms with Crippen molar-refractivity contribution in [2.45, 2.75) is 19.4 Å². The van der Waals surface area contributed by atoms with Crippen molar-refractivity contribution in [3.05, 3.63) is 53.3 Å². The molecular weight excluding hydrogens is 423 g/mol. The van der Waals surface area contributed by atoms with Crippen molar-refractivity contribution in [1.82, 2.24) is 20.2 Å². The molecule has 0 aliphatic carbocycles. The van der Waals surface area contributed by atoms with Crippen LogP contribution in [-0.4, -0.2) is 52.4 Å². The molecular formula is C21H22ClFN6O2. The van der Waals surface area contributed by atoms with Gasteiger partial charge in [0, 0.05) is 29.4 Å². The van der Waals surface area contributed by atoms with Gasteiger partial charge in [-0.1, -0.05) is 18.5 Å². The molecule has 0 bridgehead atoms. The lowest BCUT2D eigenvalue weighted by Gasteiger charge is -2.29. The van der Waals surface area contributed by atoms with Crippen LogP contribution < -0.4 is 10.2 Å². The Labute approximate surface area is 183 Å². The van der Waals surface area contributed by atoms with Crippen molar-refractivity contribution in [1.29, 1.82) is 0 Å². The summed E-state index contributed by atoms with van der Waals surface area (Å²) in [5.74, 6) is -0.346. The van der Waals surface area contributed by atoms with E-state index < -0.39 is 11.9 Å².